The van der Waals surface area contributed by atoms with Crippen LogP contribution in [0.4, 0.5) is 4.39 Å². The molecule has 240 valence electrons. The molecule has 1 aliphatic rings. The molecule has 45 heavy (non-hydrogen) atoms. The lowest BCUT2D eigenvalue weighted by Crippen LogP contribution is -2.39. The number of nitrogens with two attached hydrogens (primary N) is 1. The van der Waals surface area contributed by atoms with Crippen molar-refractivity contribution in [3.8, 4) is 16.9 Å². The quantitative estimate of drug-likeness (QED) is 0.0872. The molecule has 1 saturated heterocycles. The second-order valence-corrected chi connectivity index (χ2v) is 14.3. The summed E-state index contributed by atoms with van der Waals surface area (Å²) in [6, 6.07) is 14.0. The molecule has 0 spiro atoms. The number of benzene rings is 2. The average Bonchev–Trinajstić information content (AvgIpc) is 3.40. The lowest BCUT2D eigenvalue weighted by Gasteiger charge is -2.31. The minimum Gasteiger partial charge on any atom is -0.365 e. The molecule has 0 radical (unpaired) electrons. The molecule has 1 fully saturated rings. The van der Waals surface area contributed by atoms with E-state index in [-0.39, 0.29) is 17.1 Å². The van der Waals surface area contributed by atoms with Gasteiger partial charge in [0.2, 0.25) is 0 Å². The number of aryl methyl sites for hydroxylation is 1. The molecular formula is C34H43ClFN7OS. The number of H-pyrrole nitrogens is 1. The first-order chi connectivity index (χ1) is 21.6. The molecule has 5 rings (SSSR count). The highest BCUT2D eigenvalue weighted by atomic mass is 35.5. The Hall–Kier alpha value is -3.18. The smallest absolute Gasteiger partial charge is 0.354 e. The van der Waals surface area contributed by atoms with Crippen molar-refractivity contribution < 1.29 is 4.39 Å². The molecule has 0 bridgehead atoms. The molecule has 4 aromatic rings. The normalized spacial score (nSPS) is 17.6. The van der Waals surface area contributed by atoms with Crippen molar-refractivity contribution in [3.63, 3.8) is 0 Å². The number of aromatic amines is 1. The van der Waals surface area contributed by atoms with Crippen LogP contribution in [-0.2, 0) is 6.42 Å². The molecule has 0 saturated carbocycles. The maximum absolute atomic E-state index is 15.1. The van der Waals surface area contributed by atoms with E-state index in [1.807, 2.05) is 19.1 Å². The summed E-state index contributed by atoms with van der Waals surface area (Å²) in [6.45, 7) is 6.93. The van der Waals surface area contributed by atoms with Gasteiger partial charge < -0.3 is 21.4 Å². The largest absolute Gasteiger partial charge is 0.365 e. The van der Waals surface area contributed by atoms with Crippen molar-refractivity contribution in [2.75, 3.05) is 6.54 Å². The number of rotatable bonds is 11. The van der Waals surface area contributed by atoms with Gasteiger partial charge in [-0.2, -0.15) is 4.98 Å². The molecule has 0 aliphatic carbocycles. The van der Waals surface area contributed by atoms with E-state index in [1.165, 1.54) is 10.1 Å². The van der Waals surface area contributed by atoms with E-state index in [0.717, 1.165) is 57.1 Å². The number of piperidine rings is 1. The van der Waals surface area contributed by atoms with Crippen molar-refractivity contribution in [2.24, 2.45) is 5.73 Å². The van der Waals surface area contributed by atoms with Crippen LogP contribution in [0.25, 0.3) is 28.0 Å². The number of nitrogens with one attached hydrogen (secondary N) is 4. The molecular weight excluding hydrogens is 609 g/mol. The Labute approximate surface area is 273 Å². The van der Waals surface area contributed by atoms with Crippen molar-refractivity contribution in [1.82, 2.24) is 25.2 Å². The van der Waals surface area contributed by atoms with E-state index in [4.69, 9.17) is 22.7 Å². The van der Waals surface area contributed by atoms with Crippen LogP contribution in [0.2, 0.25) is 5.02 Å². The third-order valence-electron chi connectivity index (χ3n) is 8.20. The number of amidine groups is 1. The van der Waals surface area contributed by atoms with Crippen LogP contribution in [0.3, 0.4) is 0 Å². The monoisotopic (exact) mass is 651 g/mol. The first-order valence-electron chi connectivity index (χ1n) is 15.8. The maximum atomic E-state index is 15.1. The van der Waals surface area contributed by atoms with Crippen molar-refractivity contribution in [3.05, 3.63) is 81.1 Å². The van der Waals surface area contributed by atoms with Gasteiger partial charge in [0, 0.05) is 47.1 Å². The zero-order chi connectivity index (χ0) is 32.1. The Bertz CT molecular complexity index is 1680. The first kappa shape index (κ1) is 33.2. The number of aromatic nitrogens is 3. The lowest BCUT2D eigenvalue weighted by atomic mass is 9.92. The van der Waals surface area contributed by atoms with Gasteiger partial charge in [0.25, 0.3) is 0 Å². The topological polar surface area (TPSA) is 125 Å². The highest BCUT2D eigenvalue weighted by Gasteiger charge is 2.22. The molecule has 11 heteroatoms. The molecule has 0 unspecified atom stereocenters. The second kappa shape index (κ2) is 14.9. The zero-order valence-electron chi connectivity index (χ0n) is 26.1. The van der Waals surface area contributed by atoms with Gasteiger partial charge in [-0.05, 0) is 86.9 Å². The predicted molar refractivity (Wildman–Crippen MR) is 185 cm³/mol. The highest BCUT2D eigenvalue weighted by Crippen LogP contribution is 2.32. The molecule has 2 aromatic heterocycles. The van der Waals surface area contributed by atoms with E-state index < -0.39 is 11.5 Å². The van der Waals surface area contributed by atoms with Gasteiger partial charge in [-0.1, -0.05) is 55.8 Å². The summed E-state index contributed by atoms with van der Waals surface area (Å²) in [5.41, 5.74) is 9.54. The fourth-order valence-electron chi connectivity index (χ4n) is 5.95. The van der Waals surface area contributed by atoms with Crippen molar-refractivity contribution in [2.45, 2.75) is 89.1 Å². The SMILES string of the molecule is CC(C)SC(=N)NCC[C@@H]1CCC[C@@H](c2ccc(-n3cc4cc(-c5cc(CCC[C@H](C)N)cc(Cl)c5F)[nH]c4nc3=O)cc2)N1. The summed E-state index contributed by atoms with van der Waals surface area (Å²) < 4.78 is 16.7. The number of hydrogen-bond donors (Lipinski definition) is 5. The van der Waals surface area contributed by atoms with Crippen LogP contribution >= 0.6 is 23.4 Å². The summed E-state index contributed by atoms with van der Waals surface area (Å²) in [4.78, 5) is 20.4. The second-order valence-electron chi connectivity index (χ2n) is 12.3. The molecule has 8 nitrogen and oxygen atoms in total. The van der Waals surface area contributed by atoms with E-state index in [1.54, 1.807) is 36.2 Å². The van der Waals surface area contributed by atoms with Crippen molar-refractivity contribution in [1.29, 1.82) is 5.41 Å². The number of halogens is 2. The van der Waals surface area contributed by atoms with E-state index in [9.17, 15) is 4.79 Å². The average molecular weight is 652 g/mol. The lowest BCUT2D eigenvalue weighted by molar-refractivity contribution is 0.312. The van der Waals surface area contributed by atoms with Crippen LogP contribution in [0.1, 0.15) is 76.5 Å². The molecule has 3 heterocycles. The van der Waals surface area contributed by atoms with Gasteiger partial charge in [0.1, 0.15) is 5.65 Å². The fourth-order valence-corrected chi connectivity index (χ4v) is 6.85. The van der Waals surface area contributed by atoms with Crippen molar-refractivity contribution >= 4 is 39.6 Å². The Morgan fingerprint density at radius 2 is 2.00 bits per heavy atom. The summed E-state index contributed by atoms with van der Waals surface area (Å²) in [6.07, 6.45) is 8.50. The molecule has 1 aliphatic heterocycles. The van der Waals surface area contributed by atoms with E-state index in [0.29, 0.717) is 44.4 Å². The van der Waals surface area contributed by atoms with Gasteiger partial charge in [-0.15, -0.1) is 0 Å². The Morgan fingerprint density at radius 3 is 2.73 bits per heavy atom. The van der Waals surface area contributed by atoms with E-state index >= 15 is 4.39 Å². The molecule has 0 amide bonds. The molecule has 3 atom stereocenters. The number of nitrogens with zero attached hydrogens (tertiary/aromatic N) is 2. The highest BCUT2D eigenvalue weighted by molar-refractivity contribution is 8.14. The Kier molecular flexibility index (Phi) is 11.0. The van der Waals surface area contributed by atoms with Gasteiger partial charge in [-0.25, -0.2) is 9.18 Å². The molecule has 6 N–H and O–H groups in total. The summed E-state index contributed by atoms with van der Waals surface area (Å²) >= 11 is 7.81. The first-order valence-corrected chi connectivity index (χ1v) is 17.0. The minimum atomic E-state index is -0.510. The standard InChI is InChI=1S/C34H43ClFN7OS/c1-20(2)45-33(38)39-15-14-25-8-5-9-29(40-25)23-10-12-26(13-11-23)43-19-24-18-30(41-32(24)42-34(43)44)27-16-22(7-4-6-21(3)37)17-28(35)31(27)36/h10-13,16-21,25,29,40H,4-9,14-15,37H2,1-3H3,(H2,38,39)(H,41,42,44)/t21-,25-,29-/m0/s1. The molecule has 2 aromatic carbocycles. The zero-order valence-corrected chi connectivity index (χ0v) is 27.7. The number of thioether (sulfide) groups is 1. The van der Waals surface area contributed by atoms with Gasteiger partial charge in [-0.3, -0.25) is 9.98 Å². The van der Waals surface area contributed by atoms with Crippen LogP contribution in [0.5, 0.6) is 0 Å². The summed E-state index contributed by atoms with van der Waals surface area (Å²) in [5, 5.41) is 16.7. The summed E-state index contributed by atoms with van der Waals surface area (Å²) in [5.74, 6) is -0.510. The van der Waals surface area contributed by atoms with Gasteiger partial charge in [0.05, 0.1) is 16.4 Å². The summed E-state index contributed by atoms with van der Waals surface area (Å²) in [7, 11) is 0. The third-order valence-corrected chi connectivity index (χ3v) is 9.33. The van der Waals surface area contributed by atoms with Gasteiger partial charge >= 0.3 is 5.69 Å². The minimum absolute atomic E-state index is 0.0614. The van der Waals surface area contributed by atoms with E-state index in [2.05, 4.69) is 46.6 Å². The Morgan fingerprint density at radius 1 is 1.22 bits per heavy atom. The predicted octanol–water partition coefficient (Wildman–Crippen LogP) is 7.08. The third kappa shape index (κ3) is 8.55. The number of hydrogen-bond acceptors (Lipinski definition) is 6. The van der Waals surface area contributed by atoms with Gasteiger partial charge in [0.15, 0.2) is 11.0 Å². The van der Waals surface area contributed by atoms with Crippen LogP contribution in [-0.4, -0.2) is 43.6 Å². The maximum Gasteiger partial charge on any atom is 0.354 e. The van der Waals surface area contributed by atoms with Crippen LogP contribution in [0.15, 0.2) is 53.5 Å². The fraction of sp³-hybridized carbons (Fsp3) is 0.441. The van der Waals surface area contributed by atoms with Crippen LogP contribution in [0, 0.1) is 11.2 Å². The Balaban J connectivity index is 1.29. The van der Waals surface area contributed by atoms with Crippen LogP contribution < -0.4 is 22.1 Å². The number of fused-ring (bicyclic) bond motifs is 1.